The van der Waals surface area contributed by atoms with Crippen molar-refractivity contribution in [2.45, 2.75) is 38.5 Å². The number of fused-ring (bicyclic) bond motifs is 1. The molecule has 3 aromatic heterocycles. The van der Waals surface area contributed by atoms with Crippen molar-refractivity contribution in [2.75, 3.05) is 48.6 Å². The summed E-state index contributed by atoms with van der Waals surface area (Å²) in [4.78, 5) is 55.7. The van der Waals surface area contributed by atoms with Crippen molar-refractivity contribution >= 4 is 58.2 Å². The van der Waals surface area contributed by atoms with Crippen LogP contribution in [0, 0.1) is 0 Å². The van der Waals surface area contributed by atoms with E-state index in [1.165, 1.54) is 0 Å². The lowest BCUT2D eigenvalue weighted by molar-refractivity contribution is -0.139. The van der Waals surface area contributed by atoms with E-state index < -0.39 is 17.9 Å². The highest BCUT2D eigenvalue weighted by Gasteiger charge is 2.22. The van der Waals surface area contributed by atoms with Gasteiger partial charge in [-0.25, -0.2) is 19.4 Å². The zero-order chi connectivity index (χ0) is 33.1. The van der Waals surface area contributed by atoms with E-state index in [0.717, 1.165) is 11.4 Å². The number of nitrogens with one attached hydrogen (secondary N) is 2. The molecule has 4 rings (SSSR count). The second-order valence-electron chi connectivity index (χ2n) is 10.1. The van der Waals surface area contributed by atoms with Crippen LogP contribution in [-0.2, 0) is 34.0 Å². The molecule has 0 bridgehead atoms. The number of hydrogen-bond donors (Lipinski definition) is 5. The molecule has 46 heavy (non-hydrogen) atoms. The first kappa shape index (κ1) is 33.8. The molecule has 0 spiro atoms. The molecule has 4 aromatic rings. The normalized spacial score (nSPS) is 11.7. The number of aliphatic carboxylic acids is 1. The van der Waals surface area contributed by atoms with Crippen LogP contribution in [0.3, 0.4) is 0 Å². The average Bonchev–Trinajstić information content (AvgIpc) is 3.49. The summed E-state index contributed by atoms with van der Waals surface area (Å²) in [6.45, 7) is 2.14. The highest BCUT2D eigenvalue weighted by atomic mass is 32.2. The first-order chi connectivity index (χ1) is 22.1. The number of aromatic nitrogens is 7. The Labute approximate surface area is 268 Å². The lowest BCUT2D eigenvalue weighted by atomic mass is 10.1. The van der Waals surface area contributed by atoms with Gasteiger partial charge in [0.05, 0.1) is 56.6 Å². The van der Waals surface area contributed by atoms with E-state index in [4.69, 9.17) is 16.2 Å². The van der Waals surface area contributed by atoms with Gasteiger partial charge in [-0.1, -0.05) is 5.21 Å². The molecular formula is C28H36N12O5S. The molecule has 0 saturated heterocycles. The van der Waals surface area contributed by atoms with Crippen molar-refractivity contribution in [2.24, 2.45) is 0 Å². The number of nitrogen functional groups attached to an aromatic ring is 2. The largest absolute Gasteiger partial charge is 0.480 e. The number of carboxylic acid groups (broad SMARTS) is 1. The summed E-state index contributed by atoms with van der Waals surface area (Å²) in [6.07, 6.45) is 4.92. The molecule has 0 radical (unpaired) electrons. The quantitative estimate of drug-likeness (QED) is 0.0974. The summed E-state index contributed by atoms with van der Waals surface area (Å²) < 4.78 is 7.17. The van der Waals surface area contributed by atoms with Crippen LogP contribution in [0.4, 0.5) is 17.5 Å². The summed E-state index contributed by atoms with van der Waals surface area (Å²) in [5.74, 6) is -1.14. The van der Waals surface area contributed by atoms with Gasteiger partial charge >= 0.3 is 5.97 Å². The number of nitrogens with two attached hydrogens (primary N) is 2. The Morgan fingerprint density at radius 3 is 2.63 bits per heavy atom. The Morgan fingerprint density at radius 2 is 1.89 bits per heavy atom. The van der Waals surface area contributed by atoms with Crippen molar-refractivity contribution in [3.63, 3.8) is 0 Å². The number of carboxylic acids is 1. The number of benzene rings is 1. The van der Waals surface area contributed by atoms with Gasteiger partial charge in [0, 0.05) is 30.5 Å². The van der Waals surface area contributed by atoms with Gasteiger partial charge in [0.2, 0.25) is 11.9 Å². The predicted molar refractivity (Wildman–Crippen MR) is 172 cm³/mol. The number of hydrogen-bond acceptors (Lipinski definition) is 14. The molecular weight excluding hydrogens is 616 g/mol. The summed E-state index contributed by atoms with van der Waals surface area (Å²) in [6, 6.07) is 5.35. The van der Waals surface area contributed by atoms with Crippen LogP contribution in [0.5, 0.6) is 0 Å². The van der Waals surface area contributed by atoms with Crippen molar-refractivity contribution in [1.29, 1.82) is 0 Å². The van der Waals surface area contributed by atoms with Gasteiger partial charge in [0.25, 0.3) is 5.91 Å². The standard InChI is InChI=1S/C28H36N12O5S/c1-39(16-18-13-32-25-23(34-18)24(29)36-28(30)37-25)19-5-3-17(4-6-19)26(42)35-21(27(43)44)7-8-22(41)31-14-20-15-33-38-40(20)9-10-45-11-12-46-2/h3-6,13,15,21H,7-12,14,16H2,1-2H3,(H,31,41)(H,35,42)(H,43,44)(H4,29,30,32,36,37). The SMILES string of the molecule is CSCCOCCn1nncc1CNC(=O)CCC(NC(=O)c1ccc(N(C)Cc2cnc3nc(N)nc(N)c3n2)cc1)C(=O)O. The first-order valence-corrected chi connectivity index (χ1v) is 15.6. The maximum Gasteiger partial charge on any atom is 0.326 e. The van der Waals surface area contributed by atoms with Crippen LogP contribution in [-0.4, -0.2) is 96.1 Å². The van der Waals surface area contributed by atoms with Gasteiger partial charge in [-0.05, 0) is 36.9 Å². The Kier molecular flexibility index (Phi) is 12.0. The smallest absolute Gasteiger partial charge is 0.326 e. The molecule has 0 saturated carbocycles. The van der Waals surface area contributed by atoms with Crippen molar-refractivity contribution in [3.05, 3.63) is 53.6 Å². The van der Waals surface area contributed by atoms with Gasteiger partial charge in [-0.15, -0.1) is 5.10 Å². The highest BCUT2D eigenvalue weighted by Crippen LogP contribution is 2.19. The topological polar surface area (TPSA) is 242 Å². The van der Waals surface area contributed by atoms with E-state index in [0.29, 0.717) is 48.9 Å². The van der Waals surface area contributed by atoms with Crippen LogP contribution < -0.4 is 27.0 Å². The van der Waals surface area contributed by atoms with Crippen LogP contribution in [0.15, 0.2) is 36.7 Å². The third-order valence-corrected chi connectivity index (χ3v) is 7.35. The molecule has 0 fully saturated rings. The summed E-state index contributed by atoms with van der Waals surface area (Å²) in [7, 11) is 1.84. The monoisotopic (exact) mass is 652 g/mol. The molecule has 1 aromatic carbocycles. The zero-order valence-corrected chi connectivity index (χ0v) is 26.2. The lowest BCUT2D eigenvalue weighted by Gasteiger charge is -2.19. The number of nitrogens with zero attached hydrogens (tertiary/aromatic N) is 8. The fourth-order valence-corrected chi connectivity index (χ4v) is 4.60. The summed E-state index contributed by atoms with van der Waals surface area (Å²) in [5, 5.41) is 22.8. The van der Waals surface area contributed by atoms with E-state index in [1.807, 2.05) is 18.2 Å². The number of carbonyl (C=O) groups is 3. The van der Waals surface area contributed by atoms with Crippen molar-refractivity contribution in [3.8, 4) is 0 Å². The number of rotatable bonds is 17. The van der Waals surface area contributed by atoms with Gasteiger partial charge in [0.15, 0.2) is 17.0 Å². The van der Waals surface area contributed by atoms with E-state index in [9.17, 15) is 19.5 Å². The minimum absolute atomic E-state index is 0.0150. The summed E-state index contributed by atoms with van der Waals surface area (Å²) in [5.41, 5.74) is 14.5. The summed E-state index contributed by atoms with van der Waals surface area (Å²) >= 11 is 1.70. The number of carbonyl (C=O) groups excluding carboxylic acids is 2. The van der Waals surface area contributed by atoms with Crippen LogP contribution >= 0.6 is 11.8 Å². The minimum atomic E-state index is -1.26. The molecule has 18 heteroatoms. The maximum atomic E-state index is 12.9. The molecule has 0 aliphatic carbocycles. The number of thioether (sulfide) groups is 1. The molecule has 2 amide bonds. The molecule has 3 heterocycles. The third kappa shape index (κ3) is 9.45. The van der Waals surface area contributed by atoms with E-state index in [-0.39, 0.29) is 42.6 Å². The predicted octanol–water partition coefficient (Wildman–Crippen LogP) is 0.471. The molecule has 0 aliphatic rings. The maximum absolute atomic E-state index is 12.9. The molecule has 17 nitrogen and oxygen atoms in total. The van der Waals surface area contributed by atoms with E-state index in [2.05, 4.69) is 40.9 Å². The molecule has 1 atom stereocenters. The van der Waals surface area contributed by atoms with E-state index >= 15 is 0 Å². The van der Waals surface area contributed by atoms with Crippen molar-refractivity contribution < 1.29 is 24.2 Å². The molecule has 7 N–H and O–H groups in total. The van der Waals surface area contributed by atoms with Gasteiger partial charge in [0.1, 0.15) is 6.04 Å². The molecule has 1 unspecified atom stereocenters. The van der Waals surface area contributed by atoms with E-state index in [1.54, 1.807) is 53.1 Å². The van der Waals surface area contributed by atoms with Gasteiger partial charge in [-0.2, -0.15) is 21.7 Å². The second kappa shape index (κ2) is 16.3. The zero-order valence-electron chi connectivity index (χ0n) is 25.4. The Morgan fingerprint density at radius 1 is 1.11 bits per heavy atom. The van der Waals surface area contributed by atoms with Gasteiger partial charge in [-0.3, -0.25) is 9.59 Å². The van der Waals surface area contributed by atoms with Crippen LogP contribution in [0.2, 0.25) is 0 Å². The number of anilines is 3. The van der Waals surface area contributed by atoms with Gasteiger partial charge < -0.3 is 36.8 Å². The second-order valence-corrected chi connectivity index (χ2v) is 11.1. The Bertz CT molecular complexity index is 1650. The molecule has 0 aliphatic heterocycles. The van der Waals surface area contributed by atoms with Crippen LogP contribution in [0.25, 0.3) is 11.2 Å². The Balaban J connectivity index is 1.25. The lowest BCUT2D eigenvalue weighted by Crippen LogP contribution is -2.41. The fourth-order valence-electron chi connectivity index (χ4n) is 4.31. The number of ether oxygens (including phenoxy) is 1. The minimum Gasteiger partial charge on any atom is -0.480 e. The Hall–Kier alpha value is -5.10. The molecule has 244 valence electrons. The average molecular weight is 653 g/mol. The first-order valence-electron chi connectivity index (χ1n) is 14.2. The fraction of sp³-hybridized carbons (Fsp3) is 0.393. The van der Waals surface area contributed by atoms with Crippen LogP contribution in [0.1, 0.15) is 34.6 Å². The van der Waals surface area contributed by atoms with Crippen molar-refractivity contribution in [1.82, 2.24) is 45.6 Å². The number of amides is 2. The highest BCUT2D eigenvalue weighted by molar-refractivity contribution is 7.98. The third-order valence-electron chi connectivity index (χ3n) is 6.78.